The first-order valence-electron chi connectivity index (χ1n) is 11.5. The number of hydrogen-bond donors (Lipinski definition) is 1. The van der Waals surface area contributed by atoms with E-state index in [0.717, 1.165) is 19.3 Å². The van der Waals surface area contributed by atoms with Gasteiger partial charge in [-0.3, -0.25) is 0 Å². The summed E-state index contributed by atoms with van der Waals surface area (Å²) >= 11 is 0. The summed E-state index contributed by atoms with van der Waals surface area (Å²) in [7, 11) is 0. The van der Waals surface area contributed by atoms with E-state index in [1.165, 1.54) is 51.8 Å². The van der Waals surface area contributed by atoms with E-state index in [4.69, 9.17) is 5.73 Å². The van der Waals surface area contributed by atoms with Crippen LogP contribution in [0.4, 0.5) is 0 Å². The van der Waals surface area contributed by atoms with Crippen molar-refractivity contribution >= 4 is 0 Å². The molecule has 1 aliphatic rings. The van der Waals surface area contributed by atoms with Gasteiger partial charge in [-0.1, -0.05) is 72.3 Å². The van der Waals surface area contributed by atoms with Gasteiger partial charge in [0, 0.05) is 12.0 Å². The number of nitrogens with two attached hydrogens (primary N) is 1. The Bertz CT molecular complexity index is 879. The second-order valence-corrected chi connectivity index (χ2v) is 9.81. The molecule has 0 aromatic heterocycles. The highest BCUT2D eigenvalue weighted by Gasteiger charge is 2.27. The molecule has 0 amide bonds. The summed E-state index contributed by atoms with van der Waals surface area (Å²) in [5.41, 5.74) is 16.0. The van der Waals surface area contributed by atoms with Gasteiger partial charge in [0.1, 0.15) is 0 Å². The van der Waals surface area contributed by atoms with Crippen molar-refractivity contribution in [2.45, 2.75) is 71.8 Å². The van der Waals surface area contributed by atoms with Crippen LogP contribution in [0.25, 0.3) is 0 Å². The number of allylic oxidation sites excluding steroid dienone is 2. The molecule has 1 aliphatic carbocycles. The minimum absolute atomic E-state index is 0.178. The van der Waals surface area contributed by atoms with Gasteiger partial charge >= 0.3 is 0 Å². The van der Waals surface area contributed by atoms with Crippen LogP contribution in [0.2, 0.25) is 0 Å². The zero-order valence-electron chi connectivity index (χ0n) is 19.4. The predicted octanol–water partition coefficient (Wildman–Crippen LogP) is 7.07. The second-order valence-electron chi connectivity index (χ2n) is 9.81. The number of rotatable bonds is 9. The summed E-state index contributed by atoms with van der Waals surface area (Å²) in [6.45, 7) is 17.6. The van der Waals surface area contributed by atoms with Crippen LogP contribution < -0.4 is 5.73 Å². The number of fused-ring (bicyclic) bond motifs is 1. The maximum Gasteiger partial charge on any atom is 0.00510 e. The van der Waals surface area contributed by atoms with Crippen LogP contribution in [0, 0.1) is 25.7 Å². The fourth-order valence-corrected chi connectivity index (χ4v) is 5.30. The highest BCUT2D eigenvalue weighted by atomic mass is 14.6. The van der Waals surface area contributed by atoms with Crippen molar-refractivity contribution in [2.24, 2.45) is 17.6 Å². The summed E-state index contributed by atoms with van der Waals surface area (Å²) in [5, 5.41) is 0. The first-order valence-corrected chi connectivity index (χ1v) is 11.5. The highest BCUT2D eigenvalue weighted by molar-refractivity contribution is 5.37. The molecule has 0 aliphatic heterocycles. The van der Waals surface area contributed by atoms with Crippen molar-refractivity contribution in [3.8, 4) is 0 Å². The standard InChI is InChI=1S/C29H39N/c1-19(2)29(28-12-11-20(3)13-22(28)5)18-27(15-23(6)30)21(4)14-24-16-25-9-7-8-10-26(25)17-24/h7-13,23-24,27,29H,1,4,14-18,30H2,2-3,5-6H3. The van der Waals surface area contributed by atoms with E-state index >= 15 is 0 Å². The maximum absolute atomic E-state index is 6.28. The van der Waals surface area contributed by atoms with Gasteiger partial charge < -0.3 is 5.73 Å². The quantitative estimate of drug-likeness (QED) is 0.447. The summed E-state index contributed by atoms with van der Waals surface area (Å²) < 4.78 is 0. The molecule has 30 heavy (non-hydrogen) atoms. The van der Waals surface area contributed by atoms with E-state index in [1.54, 1.807) is 0 Å². The van der Waals surface area contributed by atoms with Crippen LogP contribution in [0.1, 0.15) is 66.8 Å². The van der Waals surface area contributed by atoms with E-state index in [-0.39, 0.29) is 6.04 Å². The van der Waals surface area contributed by atoms with Crippen LogP contribution in [0.5, 0.6) is 0 Å². The van der Waals surface area contributed by atoms with Crippen molar-refractivity contribution in [3.63, 3.8) is 0 Å². The Morgan fingerprint density at radius 2 is 1.67 bits per heavy atom. The summed E-state index contributed by atoms with van der Waals surface area (Å²) in [6.07, 6.45) is 5.51. The van der Waals surface area contributed by atoms with Crippen LogP contribution in [0.15, 0.2) is 66.8 Å². The number of aryl methyl sites for hydroxylation is 2. The van der Waals surface area contributed by atoms with E-state index < -0.39 is 0 Å². The molecule has 0 heterocycles. The van der Waals surface area contributed by atoms with Crippen molar-refractivity contribution in [1.82, 2.24) is 0 Å². The third-order valence-electron chi connectivity index (χ3n) is 6.84. The summed E-state index contributed by atoms with van der Waals surface area (Å²) in [4.78, 5) is 0. The fourth-order valence-electron chi connectivity index (χ4n) is 5.30. The Balaban J connectivity index is 1.75. The first-order chi connectivity index (χ1) is 14.2. The molecule has 0 bridgehead atoms. The molecule has 3 unspecified atom stereocenters. The van der Waals surface area contributed by atoms with E-state index in [2.05, 4.69) is 83.3 Å². The lowest BCUT2D eigenvalue weighted by molar-refractivity contribution is 0.417. The zero-order valence-corrected chi connectivity index (χ0v) is 19.4. The second kappa shape index (κ2) is 9.79. The average molecular weight is 402 g/mol. The van der Waals surface area contributed by atoms with E-state index in [9.17, 15) is 0 Å². The van der Waals surface area contributed by atoms with Crippen molar-refractivity contribution in [1.29, 1.82) is 0 Å². The lowest BCUT2D eigenvalue weighted by Gasteiger charge is -2.29. The Kier molecular flexibility index (Phi) is 7.36. The van der Waals surface area contributed by atoms with Crippen molar-refractivity contribution in [3.05, 3.63) is 94.6 Å². The molecule has 0 radical (unpaired) electrons. The van der Waals surface area contributed by atoms with Crippen LogP contribution in [0.3, 0.4) is 0 Å². The molecule has 1 nitrogen and oxygen atoms in total. The molecule has 2 N–H and O–H groups in total. The van der Waals surface area contributed by atoms with E-state index in [1.807, 2.05) is 0 Å². The predicted molar refractivity (Wildman–Crippen MR) is 131 cm³/mol. The van der Waals surface area contributed by atoms with Gasteiger partial charge in [-0.15, -0.1) is 0 Å². The van der Waals surface area contributed by atoms with Gasteiger partial charge in [-0.25, -0.2) is 0 Å². The Morgan fingerprint density at radius 3 is 2.20 bits per heavy atom. The fraction of sp³-hybridized carbons (Fsp3) is 0.448. The van der Waals surface area contributed by atoms with Crippen LogP contribution in [-0.4, -0.2) is 6.04 Å². The minimum Gasteiger partial charge on any atom is -0.328 e. The van der Waals surface area contributed by atoms with Gasteiger partial charge in [-0.05, 0) is 93.9 Å². The third-order valence-corrected chi connectivity index (χ3v) is 6.84. The Labute approximate surface area is 184 Å². The topological polar surface area (TPSA) is 26.0 Å². The third kappa shape index (κ3) is 5.52. The van der Waals surface area contributed by atoms with Crippen LogP contribution >= 0.6 is 0 Å². The average Bonchev–Trinajstić information content (AvgIpc) is 3.07. The van der Waals surface area contributed by atoms with Gasteiger partial charge in [0.05, 0.1) is 0 Å². The molecule has 2 aromatic rings. The first kappa shape index (κ1) is 22.6. The highest BCUT2D eigenvalue weighted by Crippen LogP contribution is 2.39. The van der Waals surface area contributed by atoms with E-state index in [0.29, 0.717) is 17.8 Å². The molecule has 3 rings (SSSR count). The zero-order chi connectivity index (χ0) is 21.8. The number of hydrogen-bond acceptors (Lipinski definition) is 1. The van der Waals surface area contributed by atoms with Crippen molar-refractivity contribution < 1.29 is 0 Å². The molecule has 0 fully saturated rings. The molecular formula is C29H39N. The lowest BCUT2D eigenvalue weighted by Crippen LogP contribution is -2.23. The smallest absolute Gasteiger partial charge is 0.00510 e. The molecule has 2 aromatic carbocycles. The summed E-state index contributed by atoms with van der Waals surface area (Å²) in [6, 6.07) is 15.9. The molecule has 160 valence electrons. The SMILES string of the molecule is C=C(CC1Cc2ccccc2C1)C(CC(C)N)CC(C(=C)C)c1ccc(C)cc1C. The molecule has 1 heteroatoms. The monoisotopic (exact) mass is 401 g/mol. The largest absolute Gasteiger partial charge is 0.328 e. The van der Waals surface area contributed by atoms with Gasteiger partial charge in [-0.2, -0.15) is 0 Å². The molecule has 0 spiro atoms. The van der Waals surface area contributed by atoms with Gasteiger partial charge in [0.25, 0.3) is 0 Å². The lowest BCUT2D eigenvalue weighted by atomic mass is 9.76. The van der Waals surface area contributed by atoms with Gasteiger partial charge in [0.15, 0.2) is 0 Å². The Morgan fingerprint density at radius 1 is 1.03 bits per heavy atom. The van der Waals surface area contributed by atoms with Crippen LogP contribution in [-0.2, 0) is 12.8 Å². The Hall–Kier alpha value is -2.12. The normalized spacial score (nSPS) is 16.7. The molecular weight excluding hydrogens is 362 g/mol. The molecule has 0 saturated heterocycles. The maximum atomic E-state index is 6.28. The minimum atomic E-state index is 0.178. The molecule has 3 atom stereocenters. The molecule has 0 saturated carbocycles. The van der Waals surface area contributed by atoms with Crippen molar-refractivity contribution in [2.75, 3.05) is 0 Å². The summed E-state index contributed by atoms with van der Waals surface area (Å²) in [5.74, 6) is 1.46. The number of benzene rings is 2. The van der Waals surface area contributed by atoms with Gasteiger partial charge in [0.2, 0.25) is 0 Å².